The van der Waals surface area contributed by atoms with E-state index in [2.05, 4.69) is 10.4 Å². The van der Waals surface area contributed by atoms with E-state index < -0.39 is 11.5 Å². The van der Waals surface area contributed by atoms with E-state index in [0.29, 0.717) is 5.69 Å². The topological polar surface area (TPSA) is 93.5 Å². The minimum absolute atomic E-state index is 0.0852. The molecule has 0 aromatic carbocycles. The molecule has 1 atom stereocenters. The van der Waals surface area contributed by atoms with Gasteiger partial charge < -0.3 is 15.0 Å². The van der Waals surface area contributed by atoms with Crippen molar-refractivity contribution in [2.45, 2.75) is 70.5 Å². The third-order valence-electron chi connectivity index (χ3n) is 5.67. The first-order chi connectivity index (χ1) is 12.9. The monoisotopic (exact) mass is 376 g/mol. The fourth-order valence-corrected chi connectivity index (χ4v) is 3.80. The highest BCUT2D eigenvalue weighted by atomic mass is 16.5. The fraction of sp³-hybridized carbons (Fsp3) is 0.684. The van der Waals surface area contributed by atoms with Crippen molar-refractivity contribution in [1.29, 1.82) is 0 Å². The van der Waals surface area contributed by atoms with Gasteiger partial charge in [-0.3, -0.25) is 14.3 Å². The third kappa shape index (κ3) is 3.70. The standard InChI is InChI=1S/C19H28N4O4/c1-4-27-17(25)14-11-15-16(24)22(3)19(2,12-23(15)21-14)18(26)20-13-9-7-5-6-8-10-13/h11,13H,4-10,12H2,1-3H3,(H,20,26)/t19-/m0/s1. The zero-order valence-electron chi connectivity index (χ0n) is 16.3. The first kappa shape index (κ1) is 19.4. The lowest BCUT2D eigenvalue weighted by Crippen LogP contribution is -2.63. The lowest BCUT2D eigenvalue weighted by atomic mass is 9.95. The highest BCUT2D eigenvalue weighted by Crippen LogP contribution is 2.27. The van der Waals surface area contributed by atoms with Gasteiger partial charge in [-0.1, -0.05) is 25.7 Å². The highest BCUT2D eigenvalue weighted by molar-refractivity contribution is 6.01. The normalized spacial score (nSPS) is 23.5. The Hall–Kier alpha value is -2.38. The second-order valence-corrected chi connectivity index (χ2v) is 7.59. The van der Waals surface area contributed by atoms with Crippen LogP contribution >= 0.6 is 0 Å². The number of rotatable bonds is 4. The summed E-state index contributed by atoms with van der Waals surface area (Å²) >= 11 is 0. The molecule has 27 heavy (non-hydrogen) atoms. The first-order valence-electron chi connectivity index (χ1n) is 9.71. The average molecular weight is 376 g/mol. The number of hydrogen-bond donors (Lipinski definition) is 1. The number of hydrogen-bond acceptors (Lipinski definition) is 5. The van der Waals surface area contributed by atoms with Gasteiger partial charge in [-0.2, -0.15) is 5.10 Å². The number of esters is 1. The number of nitrogens with zero attached hydrogens (tertiary/aromatic N) is 3. The summed E-state index contributed by atoms with van der Waals surface area (Å²) in [6.07, 6.45) is 6.58. The Kier molecular flexibility index (Phi) is 5.53. The maximum Gasteiger partial charge on any atom is 0.358 e. The summed E-state index contributed by atoms with van der Waals surface area (Å²) in [6, 6.07) is 1.58. The quantitative estimate of drug-likeness (QED) is 0.638. The van der Waals surface area contributed by atoms with Crippen LogP contribution in [-0.4, -0.2) is 57.7 Å². The second-order valence-electron chi connectivity index (χ2n) is 7.59. The van der Waals surface area contributed by atoms with Gasteiger partial charge >= 0.3 is 5.97 Å². The van der Waals surface area contributed by atoms with Gasteiger partial charge in [-0.15, -0.1) is 0 Å². The molecule has 1 aliphatic carbocycles. The maximum absolute atomic E-state index is 13.1. The number of carbonyl (C=O) groups excluding carboxylic acids is 3. The van der Waals surface area contributed by atoms with E-state index >= 15 is 0 Å². The second kappa shape index (κ2) is 7.70. The summed E-state index contributed by atoms with van der Waals surface area (Å²) in [6.45, 7) is 3.88. The molecule has 0 unspecified atom stereocenters. The zero-order chi connectivity index (χ0) is 19.6. The maximum atomic E-state index is 13.1. The van der Waals surface area contributed by atoms with Crippen molar-refractivity contribution in [3.8, 4) is 0 Å². The predicted molar refractivity (Wildman–Crippen MR) is 98.3 cm³/mol. The third-order valence-corrected chi connectivity index (χ3v) is 5.67. The molecule has 1 fully saturated rings. The van der Waals surface area contributed by atoms with Crippen LogP contribution in [0.1, 0.15) is 73.3 Å². The van der Waals surface area contributed by atoms with Crippen molar-refractivity contribution >= 4 is 17.8 Å². The number of fused-ring (bicyclic) bond motifs is 1. The van der Waals surface area contributed by atoms with E-state index in [0.717, 1.165) is 25.7 Å². The van der Waals surface area contributed by atoms with Crippen LogP contribution in [0.15, 0.2) is 6.07 Å². The molecule has 2 aliphatic rings. The smallest absolute Gasteiger partial charge is 0.358 e. The molecule has 1 N–H and O–H groups in total. The minimum Gasteiger partial charge on any atom is -0.461 e. The number of carbonyl (C=O) groups is 3. The summed E-state index contributed by atoms with van der Waals surface area (Å²) in [7, 11) is 1.62. The Morgan fingerprint density at radius 1 is 1.30 bits per heavy atom. The molecule has 2 amide bonds. The van der Waals surface area contributed by atoms with Crippen molar-refractivity contribution in [3.05, 3.63) is 17.5 Å². The van der Waals surface area contributed by atoms with E-state index in [1.807, 2.05) is 0 Å². The molecule has 0 bridgehead atoms. The van der Waals surface area contributed by atoms with E-state index in [1.54, 1.807) is 20.9 Å². The summed E-state index contributed by atoms with van der Waals surface area (Å²) in [4.78, 5) is 39.3. The molecule has 0 spiro atoms. The summed E-state index contributed by atoms with van der Waals surface area (Å²) < 4.78 is 6.41. The Bertz CT molecular complexity index is 736. The Balaban J connectivity index is 1.81. The predicted octanol–water partition coefficient (Wildman–Crippen LogP) is 1.74. The van der Waals surface area contributed by atoms with Gasteiger partial charge in [0.15, 0.2) is 5.69 Å². The molecule has 1 aromatic heterocycles. The van der Waals surface area contributed by atoms with Crippen molar-refractivity contribution in [1.82, 2.24) is 20.0 Å². The van der Waals surface area contributed by atoms with Crippen molar-refractivity contribution in [3.63, 3.8) is 0 Å². The number of nitrogens with one attached hydrogen (secondary N) is 1. The molecule has 0 saturated heterocycles. The summed E-state index contributed by atoms with van der Waals surface area (Å²) in [5, 5.41) is 7.34. The van der Waals surface area contributed by atoms with Gasteiger partial charge in [0, 0.05) is 19.2 Å². The Labute approximate surface area is 159 Å². The van der Waals surface area contributed by atoms with Gasteiger partial charge in [-0.25, -0.2) is 4.79 Å². The molecule has 1 aliphatic heterocycles. The molecule has 0 radical (unpaired) electrons. The van der Waals surface area contributed by atoms with Crippen LogP contribution in [0.5, 0.6) is 0 Å². The molecular weight excluding hydrogens is 348 g/mol. The fourth-order valence-electron chi connectivity index (χ4n) is 3.80. The molecule has 1 saturated carbocycles. The number of likely N-dealkylation sites (N-methyl/N-ethyl adjacent to an activating group) is 1. The zero-order valence-corrected chi connectivity index (χ0v) is 16.3. The number of amides is 2. The van der Waals surface area contributed by atoms with Crippen molar-refractivity contribution in [2.24, 2.45) is 0 Å². The molecule has 1 aromatic rings. The van der Waals surface area contributed by atoms with Gasteiger partial charge in [0.05, 0.1) is 13.2 Å². The van der Waals surface area contributed by atoms with Crippen LogP contribution in [0.2, 0.25) is 0 Å². The first-order valence-corrected chi connectivity index (χ1v) is 9.71. The summed E-state index contributed by atoms with van der Waals surface area (Å²) in [5.41, 5.74) is -0.684. The Morgan fingerprint density at radius 2 is 1.96 bits per heavy atom. The van der Waals surface area contributed by atoms with Gasteiger partial charge in [0.1, 0.15) is 11.2 Å². The molecule has 2 heterocycles. The molecule has 3 rings (SSSR count). The lowest BCUT2D eigenvalue weighted by molar-refractivity contribution is -0.133. The number of aromatic nitrogens is 2. The minimum atomic E-state index is -1.06. The van der Waals surface area contributed by atoms with E-state index in [4.69, 9.17) is 4.74 Å². The van der Waals surface area contributed by atoms with E-state index in [-0.39, 0.29) is 36.7 Å². The molecule has 148 valence electrons. The molecule has 8 nitrogen and oxygen atoms in total. The van der Waals surface area contributed by atoms with E-state index in [9.17, 15) is 14.4 Å². The molecular formula is C19H28N4O4. The van der Waals surface area contributed by atoms with Crippen LogP contribution in [-0.2, 0) is 16.1 Å². The van der Waals surface area contributed by atoms with Crippen LogP contribution in [0.3, 0.4) is 0 Å². The van der Waals surface area contributed by atoms with Crippen LogP contribution in [0.25, 0.3) is 0 Å². The SMILES string of the molecule is CCOC(=O)c1cc2n(n1)C[C@@](C)(C(=O)NC1CCCCCC1)N(C)C2=O. The van der Waals surface area contributed by atoms with Gasteiger partial charge in [0.2, 0.25) is 5.91 Å². The van der Waals surface area contributed by atoms with Crippen LogP contribution < -0.4 is 5.32 Å². The average Bonchev–Trinajstić information content (AvgIpc) is 2.89. The molecule has 8 heteroatoms. The van der Waals surface area contributed by atoms with Crippen LogP contribution in [0.4, 0.5) is 0 Å². The van der Waals surface area contributed by atoms with Crippen LogP contribution in [0, 0.1) is 0 Å². The van der Waals surface area contributed by atoms with Gasteiger partial charge in [-0.05, 0) is 26.7 Å². The van der Waals surface area contributed by atoms with Gasteiger partial charge in [0.25, 0.3) is 5.91 Å². The summed E-state index contributed by atoms with van der Waals surface area (Å²) in [5.74, 6) is -1.08. The lowest BCUT2D eigenvalue weighted by Gasteiger charge is -2.41. The Morgan fingerprint density at radius 3 is 2.59 bits per heavy atom. The van der Waals surface area contributed by atoms with E-state index in [1.165, 1.54) is 28.5 Å². The number of ether oxygens (including phenoxy) is 1. The highest BCUT2D eigenvalue weighted by Gasteiger charge is 2.46. The van der Waals surface area contributed by atoms with Crippen molar-refractivity contribution < 1.29 is 19.1 Å². The van der Waals surface area contributed by atoms with Crippen molar-refractivity contribution in [2.75, 3.05) is 13.7 Å². The largest absolute Gasteiger partial charge is 0.461 e.